The fourth-order valence-corrected chi connectivity index (χ4v) is 4.32. The molecule has 1 aromatic carbocycles. The molecular formula is C11H16N2O2S. The van der Waals surface area contributed by atoms with Crippen LogP contribution in [0.5, 0.6) is 0 Å². The molecule has 0 aliphatic heterocycles. The van der Waals surface area contributed by atoms with Gasteiger partial charge in [0.1, 0.15) is 0 Å². The summed E-state index contributed by atoms with van der Waals surface area (Å²) in [4.78, 5) is 0. The van der Waals surface area contributed by atoms with Crippen LogP contribution >= 0.6 is 0 Å². The van der Waals surface area contributed by atoms with Crippen LogP contribution in [0.25, 0.3) is 0 Å². The Bertz CT molecular complexity index is 486. The van der Waals surface area contributed by atoms with E-state index in [0.717, 1.165) is 5.56 Å². The van der Waals surface area contributed by atoms with Crippen LogP contribution in [0.2, 0.25) is 0 Å². The van der Waals surface area contributed by atoms with Crippen LogP contribution in [0.1, 0.15) is 11.5 Å². The summed E-state index contributed by atoms with van der Waals surface area (Å²) >= 11 is 0. The first-order valence-electron chi connectivity index (χ1n) is 5.14. The summed E-state index contributed by atoms with van der Waals surface area (Å²) < 4.78 is 23.2. The highest BCUT2D eigenvalue weighted by molar-refractivity contribution is 7.91. The zero-order valence-corrected chi connectivity index (χ0v) is 9.94. The maximum atomic E-state index is 11.6. The highest BCUT2D eigenvalue weighted by Gasteiger charge is 2.66. The minimum absolute atomic E-state index is 0.173. The van der Waals surface area contributed by atoms with Crippen molar-refractivity contribution in [2.24, 2.45) is 11.5 Å². The Morgan fingerprint density at radius 2 is 1.88 bits per heavy atom. The second kappa shape index (κ2) is 3.55. The molecule has 4 nitrogen and oxygen atoms in total. The van der Waals surface area contributed by atoms with Gasteiger partial charge in [-0.25, -0.2) is 8.42 Å². The summed E-state index contributed by atoms with van der Waals surface area (Å²) in [5.41, 5.74) is 11.8. The summed E-state index contributed by atoms with van der Waals surface area (Å²) in [7, 11) is -3.15. The molecule has 88 valence electrons. The first kappa shape index (κ1) is 11.6. The van der Waals surface area contributed by atoms with Crippen LogP contribution in [0.4, 0.5) is 0 Å². The van der Waals surface area contributed by atoms with Gasteiger partial charge in [-0.05, 0) is 5.56 Å². The second-order valence-electron chi connectivity index (χ2n) is 4.45. The largest absolute Gasteiger partial charge is 0.329 e. The van der Waals surface area contributed by atoms with Crippen LogP contribution in [0, 0.1) is 0 Å². The average Bonchev–Trinajstić information content (AvgIpc) is 2.87. The zero-order valence-electron chi connectivity index (χ0n) is 9.13. The van der Waals surface area contributed by atoms with Crippen LogP contribution in [-0.2, 0) is 9.84 Å². The molecule has 0 aromatic heterocycles. The Kier molecular flexibility index (Phi) is 2.57. The molecule has 0 spiro atoms. The third-order valence-electron chi connectivity index (χ3n) is 3.28. The van der Waals surface area contributed by atoms with E-state index in [1.807, 2.05) is 30.3 Å². The number of hydrogen-bond donors (Lipinski definition) is 2. The quantitative estimate of drug-likeness (QED) is 0.769. The topological polar surface area (TPSA) is 86.2 Å². The Morgan fingerprint density at radius 3 is 2.25 bits per heavy atom. The van der Waals surface area contributed by atoms with Crippen LogP contribution in [0.3, 0.4) is 0 Å². The Labute approximate surface area is 95.6 Å². The van der Waals surface area contributed by atoms with Gasteiger partial charge in [0.25, 0.3) is 0 Å². The third kappa shape index (κ3) is 1.65. The highest BCUT2D eigenvalue weighted by atomic mass is 32.2. The molecule has 2 rings (SSSR count). The van der Waals surface area contributed by atoms with Gasteiger partial charge in [-0.1, -0.05) is 30.3 Å². The molecule has 1 aromatic rings. The molecular weight excluding hydrogens is 224 g/mol. The van der Waals surface area contributed by atoms with Gasteiger partial charge in [0.05, 0.1) is 10.8 Å². The number of sulfone groups is 1. The first-order chi connectivity index (χ1) is 7.41. The maximum absolute atomic E-state index is 11.6. The average molecular weight is 240 g/mol. The van der Waals surface area contributed by atoms with Crippen LogP contribution < -0.4 is 11.5 Å². The first-order valence-corrected chi connectivity index (χ1v) is 7.09. The summed E-state index contributed by atoms with van der Waals surface area (Å²) in [6, 6.07) is 9.44. The lowest BCUT2D eigenvalue weighted by Gasteiger charge is -2.07. The summed E-state index contributed by atoms with van der Waals surface area (Å²) in [6.07, 6.45) is 1.22. The van der Waals surface area contributed by atoms with E-state index in [1.165, 1.54) is 6.26 Å². The molecule has 1 fully saturated rings. The van der Waals surface area contributed by atoms with E-state index in [9.17, 15) is 8.42 Å². The van der Waals surface area contributed by atoms with Crippen molar-refractivity contribution in [3.8, 4) is 0 Å². The normalized spacial score (nSPS) is 33.7. The molecule has 0 bridgehead atoms. The maximum Gasteiger partial charge on any atom is 0.152 e. The van der Waals surface area contributed by atoms with Gasteiger partial charge in [-0.2, -0.15) is 0 Å². The molecule has 1 saturated carbocycles. The monoisotopic (exact) mass is 240 g/mol. The van der Waals surface area contributed by atoms with Crippen molar-refractivity contribution in [2.75, 3.05) is 12.8 Å². The predicted octanol–water partition coefficient (Wildman–Crippen LogP) is -0.147. The van der Waals surface area contributed by atoms with Gasteiger partial charge in [0, 0.05) is 18.7 Å². The van der Waals surface area contributed by atoms with Crippen molar-refractivity contribution in [3.63, 3.8) is 0 Å². The molecule has 3 atom stereocenters. The Morgan fingerprint density at radius 1 is 1.31 bits per heavy atom. The van der Waals surface area contributed by atoms with E-state index >= 15 is 0 Å². The van der Waals surface area contributed by atoms with Gasteiger partial charge in [-0.15, -0.1) is 0 Å². The van der Waals surface area contributed by atoms with E-state index in [-0.39, 0.29) is 12.5 Å². The minimum atomic E-state index is -3.15. The molecule has 1 aliphatic rings. The fourth-order valence-electron chi connectivity index (χ4n) is 2.46. The summed E-state index contributed by atoms with van der Waals surface area (Å²) in [5.74, 6) is -0.173. The molecule has 0 heterocycles. The summed E-state index contributed by atoms with van der Waals surface area (Å²) in [6.45, 7) is 0.185. The number of hydrogen-bond acceptors (Lipinski definition) is 4. The standard InChI is InChI=1S/C11H16N2O2S/c1-16(14,15)10-9(11(10,13)7-12)8-5-3-2-4-6-8/h2-6,9-10H,7,12-13H2,1H3/t9-,10+,11-/m0/s1. The van der Waals surface area contributed by atoms with Crippen molar-refractivity contribution in [3.05, 3.63) is 35.9 Å². The van der Waals surface area contributed by atoms with Crippen LogP contribution in [-0.4, -0.2) is 32.0 Å². The Hall–Kier alpha value is -0.910. The van der Waals surface area contributed by atoms with Gasteiger partial charge in [-0.3, -0.25) is 0 Å². The van der Waals surface area contributed by atoms with Crippen molar-refractivity contribution in [2.45, 2.75) is 16.7 Å². The summed E-state index contributed by atoms with van der Waals surface area (Å²) in [5, 5.41) is -0.549. The van der Waals surface area contributed by atoms with Gasteiger partial charge in [0.2, 0.25) is 0 Å². The van der Waals surface area contributed by atoms with Crippen molar-refractivity contribution in [1.29, 1.82) is 0 Å². The molecule has 1 aliphatic carbocycles. The van der Waals surface area contributed by atoms with Gasteiger partial charge >= 0.3 is 0 Å². The van der Waals surface area contributed by atoms with Crippen LogP contribution in [0.15, 0.2) is 30.3 Å². The minimum Gasteiger partial charge on any atom is -0.329 e. The molecule has 4 N–H and O–H groups in total. The highest BCUT2D eigenvalue weighted by Crippen LogP contribution is 2.53. The molecule has 0 radical (unpaired) electrons. The lowest BCUT2D eigenvalue weighted by molar-refractivity contribution is 0.591. The molecule has 0 saturated heterocycles. The number of benzene rings is 1. The lowest BCUT2D eigenvalue weighted by atomic mass is 10.1. The zero-order chi connectivity index (χ0) is 12.0. The van der Waals surface area contributed by atoms with E-state index in [0.29, 0.717) is 0 Å². The third-order valence-corrected chi connectivity index (χ3v) is 4.91. The predicted molar refractivity (Wildman–Crippen MR) is 63.8 cm³/mol. The van der Waals surface area contributed by atoms with Gasteiger partial charge in [0.15, 0.2) is 9.84 Å². The van der Waals surface area contributed by atoms with Gasteiger partial charge < -0.3 is 11.5 Å². The van der Waals surface area contributed by atoms with Crippen molar-refractivity contribution < 1.29 is 8.42 Å². The lowest BCUT2D eigenvalue weighted by Crippen LogP contribution is -2.38. The molecule has 16 heavy (non-hydrogen) atoms. The number of rotatable bonds is 3. The van der Waals surface area contributed by atoms with Crippen molar-refractivity contribution >= 4 is 9.84 Å². The second-order valence-corrected chi connectivity index (χ2v) is 6.62. The van der Waals surface area contributed by atoms with E-state index in [2.05, 4.69) is 0 Å². The van der Waals surface area contributed by atoms with E-state index < -0.39 is 20.6 Å². The Balaban J connectivity index is 2.38. The fraction of sp³-hybridized carbons (Fsp3) is 0.455. The molecule has 5 heteroatoms. The number of nitrogens with two attached hydrogens (primary N) is 2. The smallest absolute Gasteiger partial charge is 0.152 e. The van der Waals surface area contributed by atoms with Crippen molar-refractivity contribution in [1.82, 2.24) is 0 Å². The molecule has 0 unspecified atom stereocenters. The SMILES string of the molecule is CS(=O)(=O)[C@@H]1[C@H](c2ccccc2)[C@@]1(N)CN. The van der Waals surface area contributed by atoms with E-state index in [4.69, 9.17) is 11.5 Å². The molecule has 0 amide bonds. The van der Waals surface area contributed by atoms with E-state index in [1.54, 1.807) is 0 Å².